The van der Waals surface area contributed by atoms with Crippen LogP contribution in [0.2, 0.25) is 0 Å². The van der Waals surface area contributed by atoms with Crippen LogP contribution in [0.5, 0.6) is 0 Å². The van der Waals surface area contributed by atoms with E-state index in [9.17, 15) is 4.79 Å². The van der Waals surface area contributed by atoms with Crippen LogP contribution in [0.4, 0.5) is 0 Å². The van der Waals surface area contributed by atoms with Gasteiger partial charge in [-0.15, -0.1) is 6.58 Å². The lowest BCUT2D eigenvalue weighted by Crippen LogP contribution is -2.39. The first-order chi connectivity index (χ1) is 5.45. The molecular weight excluding hydrogens is 152 g/mol. The van der Waals surface area contributed by atoms with Gasteiger partial charge in [-0.25, -0.2) is 0 Å². The summed E-state index contributed by atoms with van der Waals surface area (Å²) < 4.78 is 0. The van der Waals surface area contributed by atoms with Crippen LogP contribution >= 0.6 is 0 Å². The van der Waals surface area contributed by atoms with Crippen molar-refractivity contribution in [3.63, 3.8) is 0 Å². The highest BCUT2D eigenvalue weighted by Gasteiger charge is 2.15. The zero-order valence-corrected chi connectivity index (χ0v) is 7.89. The van der Waals surface area contributed by atoms with Gasteiger partial charge in [0.1, 0.15) is 0 Å². The first-order valence-electron chi connectivity index (χ1n) is 4.12. The molecule has 70 valence electrons. The highest BCUT2D eigenvalue weighted by atomic mass is 16.1. The summed E-state index contributed by atoms with van der Waals surface area (Å²) in [5, 5.41) is 2.75. The standard InChI is InChI=1S/C9H18N2O/c1-4-5-6-11-8(12)7-9(2,3)10/h4H,1,5-7,10H2,2-3H3,(H,11,12). The molecule has 0 saturated heterocycles. The highest BCUT2D eigenvalue weighted by molar-refractivity contribution is 5.76. The van der Waals surface area contributed by atoms with Crippen molar-refractivity contribution in [3.05, 3.63) is 12.7 Å². The maximum atomic E-state index is 11.1. The molecule has 0 aliphatic carbocycles. The molecule has 0 spiro atoms. The lowest BCUT2D eigenvalue weighted by molar-refractivity contribution is -0.121. The van der Waals surface area contributed by atoms with Crippen molar-refractivity contribution in [2.24, 2.45) is 5.73 Å². The van der Waals surface area contributed by atoms with Crippen LogP contribution in [0.15, 0.2) is 12.7 Å². The largest absolute Gasteiger partial charge is 0.356 e. The predicted molar refractivity (Wildman–Crippen MR) is 50.7 cm³/mol. The Labute approximate surface area is 74.0 Å². The van der Waals surface area contributed by atoms with Crippen molar-refractivity contribution in [3.8, 4) is 0 Å². The van der Waals surface area contributed by atoms with Crippen LogP contribution in [-0.2, 0) is 4.79 Å². The summed E-state index contributed by atoms with van der Waals surface area (Å²) in [4.78, 5) is 11.1. The molecule has 0 unspecified atom stereocenters. The summed E-state index contributed by atoms with van der Waals surface area (Å²) in [7, 11) is 0. The van der Waals surface area contributed by atoms with E-state index in [0.29, 0.717) is 13.0 Å². The Morgan fingerprint density at radius 1 is 1.67 bits per heavy atom. The topological polar surface area (TPSA) is 55.1 Å². The van der Waals surface area contributed by atoms with Gasteiger partial charge < -0.3 is 11.1 Å². The van der Waals surface area contributed by atoms with E-state index < -0.39 is 5.54 Å². The molecule has 0 fully saturated rings. The Hall–Kier alpha value is -0.830. The Morgan fingerprint density at radius 3 is 2.67 bits per heavy atom. The summed E-state index contributed by atoms with van der Waals surface area (Å²) in [6, 6.07) is 0. The monoisotopic (exact) mass is 170 g/mol. The average molecular weight is 170 g/mol. The molecule has 3 nitrogen and oxygen atoms in total. The Balaban J connectivity index is 3.53. The second-order valence-corrected chi connectivity index (χ2v) is 3.59. The van der Waals surface area contributed by atoms with Crippen LogP contribution < -0.4 is 11.1 Å². The SMILES string of the molecule is C=CCCNC(=O)CC(C)(C)N. The van der Waals surface area contributed by atoms with Crippen LogP contribution in [0.3, 0.4) is 0 Å². The lowest BCUT2D eigenvalue weighted by Gasteiger charge is -2.17. The minimum absolute atomic E-state index is 0.00403. The first-order valence-corrected chi connectivity index (χ1v) is 4.12. The third kappa shape index (κ3) is 7.28. The Morgan fingerprint density at radius 2 is 2.25 bits per heavy atom. The van der Waals surface area contributed by atoms with Gasteiger partial charge in [-0.2, -0.15) is 0 Å². The van der Waals surface area contributed by atoms with E-state index in [0.717, 1.165) is 6.42 Å². The number of nitrogens with one attached hydrogen (secondary N) is 1. The Kier molecular flexibility index (Phi) is 4.59. The van der Waals surface area contributed by atoms with Crippen molar-refractivity contribution < 1.29 is 4.79 Å². The summed E-state index contributed by atoms with van der Waals surface area (Å²) in [6.45, 7) is 7.87. The molecule has 0 atom stereocenters. The molecule has 0 heterocycles. The van der Waals surface area contributed by atoms with Gasteiger partial charge in [-0.1, -0.05) is 6.08 Å². The Bertz CT molecular complexity index is 158. The molecule has 0 aromatic carbocycles. The van der Waals surface area contributed by atoms with Gasteiger partial charge in [-0.05, 0) is 20.3 Å². The number of carbonyl (C=O) groups is 1. The fourth-order valence-electron chi connectivity index (χ4n) is 0.790. The van der Waals surface area contributed by atoms with Crippen molar-refractivity contribution >= 4 is 5.91 Å². The number of rotatable bonds is 5. The minimum Gasteiger partial charge on any atom is -0.356 e. The van der Waals surface area contributed by atoms with Crippen LogP contribution in [0.1, 0.15) is 26.7 Å². The zero-order valence-electron chi connectivity index (χ0n) is 7.89. The highest BCUT2D eigenvalue weighted by Crippen LogP contribution is 2.02. The maximum Gasteiger partial charge on any atom is 0.221 e. The molecule has 0 aromatic rings. The fraction of sp³-hybridized carbons (Fsp3) is 0.667. The molecule has 0 saturated carbocycles. The van der Waals surface area contributed by atoms with Gasteiger partial charge in [0.15, 0.2) is 0 Å². The van der Waals surface area contributed by atoms with Crippen molar-refractivity contribution in [2.45, 2.75) is 32.2 Å². The van der Waals surface area contributed by atoms with E-state index in [2.05, 4.69) is 11.9 Å². The normalized spacial score (nSPS) is 10.9. The number of amides is 1. The smallest absolute Gasteiger partial charge is 0.221 e. The predicted octanol–water partition coefficient (Wildman–Crippen LogP) is 0.806. The first kappa shape index (κ1) is 11.2. The van der Waals surface area contributed by atoms with E-state index >= 15 is 0 Å². The fourth-order valence-corrected chi connectivity index (χ4v) is 0.790. The number of nitrogens with two attached hydrogens (primary N) is 1. The quantitative estimate of drug-likeness (QED) is 0.474. The molecule has 0 radical (unpaired) electrons. The maximum absolute atomic E-state index is 11.1. The molecule has 0 aliphatic heterocycles. The molecule has 0 bridgehead atoms. The molecule has 0 aliphatic rings. The van der Waals surface area contributed by atoms with Crippen LogP contribution in [-0.4, -0.2) is 18.0 Å². The molecular formula is C9H18N2O. The number of carbonyl (C=O) groups excluding carboxylic acids is 1. The van der Waals surface area contributed by atoms with Gasteiger partial charge in [0, 0.05) is 18.5 Å². The zero-order chi connectivity index (χ0) is 9.61. The molecule has 3 heteroatoms. The van der Waals surface area contributed by atoms with Gasteiger partial charge in [-0.3, -0.25) is 4.79 Å². The van der Waals surface area contributed by atoms with E-state index in [1.165, 1.54) is 0 Å². The second kappa shape index (κ2) is 4.93. The van der Waals surface area contributed by atoms with Crippen LogP contribution in [0.25, 0.3) is 0 Å². The second-order valence-electron chi connectivity index (χ2n) is 3.59. The summed E-state index contributed by atoms with van der Waals surface area (Å²) in [6.07, 6.45) is 2.94. The summed E-state index contributed by atoms with van der Waals surface area (Å²) >= 11 is 0. The molecule has 3 N–H and O–H groups in total. The van der Waals surface area contributed by atoms with E-state index in [1.807, 2.05) is 13.8 Å². The molecule has 1 amide bonds. The number of hydrogen-bond donors (Lipinski definition) is 2. The van der Waals surface area contributed by atoms with Gasteiger partial charge >= 0.3 is 0 Å². The average Bonchev–Trinajstić information content (AvgIpc) is 1.84. The van der Waals surface area contributed by atoms with Gasteiger partial charge in [0.25, 0.3) is 0 Å². The van der Waals surface area contributed by atoms with Gasteiger partial charge in [0.2, 0.25) is 5.91 Å². The summed E-state index contributed by atoms with van der Waals surface area (Å²) in [5.41, 5.74) is 5.24. The van der Waals surface area contributed by atoms with Crippen molar-refractivity contribution in [2.75, 3.05) is 6.54 Å². The van der Waals surface area contributed by atoms with E-state index in [1.54, 1.807) is 6.08 Å². The van der Waals surface area contributed by atoms with Crippen molar-refractivity contribution in [1.29, 1.82) is 0 Å². The third-order valence-corrected chi connectivity index (χ3v) is 1.29. The van der Waals surface area contributed by atoms with E-state index in [-0.39, 0.29) is 5.91 Å². The molecule has 12 heavy (non-hydrogen) atoms. The molecule has 0 rings (SSSR count). The van der Waals surface area contributed by atoms with Crippen LogP contribution in [0, 0.1) is 0 Å². The number of hydrogen-bond acceptors (Lipinski definition) is 2. The summed E-state index contributed by atoms with van der Waals surface area (Å²) in [5.74, 6) is 0.00403. The molecule has 0 aromatic heterocycles. The minimum atomic E-state index is -0.418. The van der Waals surface area contributed by atoms with Gasteiger partial charge in [0.05, 0.1) is 0 Å². The third-order valence-electron chi connectivity index (χ3n) is 1.29. The lowest BCUT2D eigenvalue weighted by atomic mass is 10.0. The van der Waals surface area contributed by atoms with E-state index in [4.69, 9.17) is 5.73 Å². The van der Waals surface area contributed by atoms with Crippen molar-refractivity contribution in [1.82, 2.24) is 5.32 Å².